The van der Waals surface area contributed by atoms with Crippen LogP contribution in [0.4, 0.5) is 0 Å². The van der Waals surface area contributed by atoms with Crippen LogP contribution in [0.1, 0.15) is 26.2 Å². The molecule has 0 aliphatic carbocycles. The first kappa shape index (κ1) is 11.9. The summed E-state index contributed by atoms with van der Waals surface area (Å²) in [6.07, 6.45) is 8.37. The first-order chi connectivity index (χ1) is 9.31. The van der Waals surface area contributed by atoms with Gasteiger partial charge in [0.05, 0.1) is 16.4 Å². The second-order valence-electron chi connectivity index (χ2n) is 4.72. The zero-order chi connectivity index (χ0) is 13.2. The third kappa shape index (κ3) is 2.01. The van der Waals surface area contributed by atoms with E-state index in [1.165, 1.54) is 0 Å². The Bertz CT molecular complexity index is 772. The van der Waals surface area contributed by atoms with Crippen LogP contribution < -0.4 is 5.56 Å². The maximum absolute atomic E-state index is 12.2. The molecule has 98 valence electrons. The summed E-state index contributed by atoms with van der Waals surface area (Å²) in [5, 5.41) is 4.72. The largest absolute Gasteiger partial charge is 0.294 e. The summed E-state index contributed by atoms with van der Waals surface area (Å²) < 4.78 is 1.68. The van der Waals surface area contributed by atoms with E-state index >= 15 is 0 Å². The van der Waals surface area contributed by atoms with Gasteiger partial charge in [0.1, 0.15) is 0 Å². The molecule has 19 heavy (non-hydrogen) atoms. The molecule has 3 heterocycles. The summed E-state index contributed by atoms with van der Waals surface area (Å²) in [4.78, 5) is 20.7. The van der Waals surface area contributed by atoms with Crippen LogP contribution in [0.2, 0.25) is 0 Å². The van der Waals surface area contributed by atoms with Gasteiger partial charge in [-0.15, -0.1) is 0 Å². The van der Waals surface area contributed by atoms with Crippen LogP contribution in [0.3, 0.4) is 0 Å². The lowest BCUT2D eigenvalue weighted by molar-refractivity contribution is 0.545. The summed E-state index contributed by atoms with van der Waals surface area (Å²) in [6, 6.07) is 1.85. The Morgan fingerprint density at radius 3 is 3.00 bits per heavy atom. The molecule has 0 saturated heterocycles. The number of pyridine rings is 2. The highest BCUT2D eigenvalue weighted by atomic mass is 16.1. The lowest BCUT2D eigenvalue weighted by Crippen LogP contribution is -2.16. The lowest BCUT2D eigenvalue weighted by Gasteiger charge is -1.99. The molecular weight excluding hydrogens is 240 g/mol. The number of rotatable bonds is 4. The van der Waals surface area contributed by atoms with Crippen molar-refractivity contribution < 1.29 is 0 Å². The molecule has 5 heteroatoms. The highest BCUT2D eigenvalue weighted by molar-refractivity contribution is 6.01. The molecule has 3 aromatic rings. The molecule has 3 aromatic heterocycles. The number of H-pyrrole nitrogens is 1. The first-order valence-corrected chi connectivity index (χ1v) is 6.62. The Hall–Kier alpha value is -2.17. The minimum Gasteiger partial charge on any atom is -0.294 e. The Morgan fingerprint density at radius 2 is 2.16 bits per heavy atom. The second-order valence-corrected chi connectivity index (χ2v) is 4.72. The molecule has 0 unspecified atom stereocenters. The van der Waals surface area contributed by atoms with Crippen LogP contribution >= 0.6 is 0 Å². The average molecular weight is 256 g/mol. The number of nitrogens with zero attached hydrogens (tertiary/aromatic N) is 3. The van der Waals surface area contributed by atoms with E-state index in [0.717, 1.165) is 42.2 Å². The second kappa shape index (κ2) is 4.84. The minimum atomic E-state index is 0.00403. The van der Waals surface area contributed by atoms with Gasteiger partial charge in [0.2, 0.25) is 0 Å². The van der Waals surface area contributed by atoms with Crippen LogP contribution in [0.5, 0.6) is 0 Å². The summed E-state index contributed by atoms with van der Waals surface area (Å²) >= 11 is 0. The number of aromatic nitrogens is 4. The molecule has 0 spiro atoms. The molecular formula is C14H16N4O. The number of hydrogen-bond acceptors (Lipinski definition) is 3. The number of hydrogen-bond donors (Lipinski definition) is 1. The third-order valence-electron chi connectivity index (χ3n) is 3.38. The molecule has 1 N–H and O–H groups in total. The van der Waals surface area contributed by atoms with Gasteiger partial charge in [-0.05, 0) is 12.5 Å². The highest BCUT2D eigenvalue weighted by Crippen LogP contribution is 2.18. The fourth-order valence-corrected chi connectivity index (χ4v) is 2.33. The van der Waals surface area contributed by atoms with Crippen molar-refractivity contribution in [3.05, 3.63) is 35.0 Å². The maximum Gasteiger partial charge on any atom is 0.275 e. The molecule has 0 aromatic carbocycles. The van der Waals surface area contributed by atoms with Gasteiger partial charge in [0.25, 0.3) is 5.56 Å². The van der Waals surface area contributed by atoms with E-state index in [-0.39, 0.29) is 5.56 Å². The van der Waals surface area contributed by atoms with E-state index in [4.69, 9.17) is 0 Å². The monoisotopic (exact) mass is 256 g/mol. The Labute approximate surface area is 110 Å². The van der Waals surface area contributed by atoms with Crippen molar-refractivity contribution in [2.75, 3.05) is 0 Å². The molecule has 0 aliphatic heterocycles. The predicted molar refractivity (Wildman–Crippen MR) is 75.2 cm³/mol. The van der Waals surface area contributed by atoms with Gasteiger partial charge in [0, 0.05) is 30.5 Å². The van der Waals surface area contributed by atoms with Crippen molar-refractivity contribution >= 4 is 21.8 Å². The molecule has 0 amide bonds. The standard InChI is InChI=1S/C14H16N4O/c1-2-3-4-7-18-14(19)11-9-16-12-5-6-15-8-10(12)13(11)17-18/h5-6,8-9,17H,2-4,7H2,1H3. The molecule has 0 radical (unpaired) electrons. The molecule has 5 nitrogen and oxygen atoms in total. The molecule has 0 saturated carbocycles. The first-order valence-electron chi connectivity index (χ1n) is 6.62. The topological polar surface area (TPSA) is 63.6 Å². The third-order valence-corrected chi connectivity index (χ3v) is 3.38. The van der Waals surface area contributed by atoms with Crippen molar-refractivity contribution in [2.24, 2.45) is 0 Å². The van der Waals surface area contributed by atoms with Crippen LogP contribution in [0.15, 0.2) is 29.5 Å². The molecule has 0 fully saturated rings. The van der Waals surface area contributed by atoms with Gasteiger partial charge in [-0.25, -0.2) is 0 Å². The Kier molecular flexibility index (Phi) is 3.03. The average Bonchev–Trinajstić information content (AvgIpc) is 2.77. The van der Waals surface area contributed by atoms with Gasteiger partial charge in [-0.1, -0.05) is 19.8 Å². The van der Waals surface area contributed by atoms with Gasteiger partial charge in [-0.2, -0.15) is 0 Å². The normalized spacial score (nSPS) is 11.4. The summed E-state index contributed by atoms with van der Waals surface area (Å²) in [6.45, 7) is 2.88. The molecule has 0 bridgehead atoms. The van der Waals surface area contributed by atoms with Crippen LogP contribution in [0, 0.1) is 0 Å². The Morgan fingerprint density at radius 1 is 1.26 bits per heavy atom. The quantitative estimate of drug-likeness (QED) is 0.729. The van der Waals surface area contributed by atoms with E-state index in [2.05, 4.69) is 22.0 Å². The van der Waals surface area contributed by atoms with Crippen LogP contribution in [-0.2, 0) is 6.54 Å². The number of aryl methyl sites for hydroxylation is 1. The summed E-state index contributed by atoms with van der Waals surface area (Å²) in [7, 11) is 0. The predicted octanol–water partition coefficient (Wildman–Crippen LogP) is 2.46. The zero-order valence-corrected chi connectivity index (χ0v) is 10.9. The van der Waals surface area contributed by atoms with E-state index in [1.54, 1.807) is 23.3 Å². The molecule has 0 atom stereocenters. The zero-order valence-electron chi connectivity index (χ0n) is 10.9. The van der Waals surface area contributed by atoms with E-state index in [1.807, 2.05) is 6.07 Å². The highest BCUT2D eigenvalue weighted by Gasteiger charge is 2.10. The molecule has 0 aliphatic rings. The maximum atomic E-state index is 12.2. The minimum absolute atomic E-state index is 0.00403. The number of nitrogens with one attached hydrogen (secondary N) is 1. The van der Waals surface area contributed by atoms with Crippen LogP contribution in [-0.4, -0.2) is 19.7 Å². The van der Waals surface area contributed by atoms with E-state index in [9.17, 15) is 4.79 Å². The van der Waals surface area contributed by atoms with Crippen molar-refractivity contribution in [3.8, 4) is 0 Å². The van der Waals surface area contributed by atoms with Gasteiger partial charge >= 0.3 is 0 Å². The van der Waals surface area contributed by atoms with Crippen molar-refractivity contribution in [2.45, 2.75) is 32.7 Å². The lowest BCUT2D eigenvalue weighted by atomic mass is 10.2. The van der Waals surface area contributed by atoms with Crippen molar-refractivity contribution in [3.63, 3.8) is 0 Å². The number of unbranched alkanes of at least 4 members (excludes halogenated alkanes) is 2. The van der Waals surface area contributed by atoms with Gasteiger partial charge in [-0.3, -0.25) is 24.5 Å². The summed E-state index contributed by atoms with van der Waals surface area (Å²) in [5.41, 5.74) is 1.69. The SMILES string of the molecule is CCCCCn1[nH]c2c(cnc3ccncc32)c1=O. The fourth-order valence-electron chi connectivity index (χ4n) is 2.33. The van der Waals surface area contributed by atoms with E-state index in [0.29, 0.717) is 5.39 Å². The number of aromatic amines is 1. The number of fused-ring (bicyclic) bond motifs is 3. The van der Waals surface area contributed by atoms with Crippen molar-refractivity contribution in [1.82, 2.24) is 19.7 Å². The van der Waals surface area contributed by atoms with Crippen LogP contribution in [0.25, 0.3) is 21.8 Å². The van der Waals surface area contributed by atoms with Gasteiger partial charge in [0.15, 0.2) is 0 Å². The fraction of sp³-hybridized carbons (Fsp3) is 0.357. The van der Waals surface area contributed by atoms with Gasteiger partial charge < -0.3 is 0 Å². The van der Waals surface area contributed by atoms with Crippen molar-refractivity contribution in [1.29, 1.82) is 0 Å². The summed E-state index contributed by atoms with van der Waals surface area (Å²) in [5.74, 6) is 0. The Balaban J connectivity index is 2.14. The molecule has 3 rings (SSSR count). The smallest absolute Gasteiger partial charge is 0.275 e. The van der Waals surface area contributed by atoms with E-state index < -0.39 is 0 Å².